The summed E-state index contributed by atoms with van der Waals surface area (Å²) in [4.78, 5) is 10.5. The van der Waals surface area contributed by atoms with E-state index < -0.39 is 0 Å². The minimum Gasteiger partial charge on any atom is -0.507 e. The summed E-state index contributed by atoms with van der Waals surface area (Å²) < 4.78 is 13.2. The van der Waals surface area contributed by atoms with Crippen molar-refractivity contribution in [3.63, 3.8) is 0 Å². The van der Waals surface area contributed by atoms with E-state index in [0.717, 1.165) is 136 Å². The number of phenols is 2. The summed E-state index contributed by atoms with van der Waals surface area (Å²) in [5, 5.41) is 20.9. The van der Waals surface area contributed by atoms with Crippen molar-refractivity contribution in [3.8, 4) is 23.0 Å². The molecule has 11 heteroatoms. The van der Waals surface area contributed by atoms with Gasteiger partial charge in [-0.2, -0.15) is 0 Å². The Morgan fingerprint density at radius 2 is 0.707 bits per heavy atom. The molecule has 75 heavy (non-hydrogen) atoms. The van der Waals surface area contributed by atoms with E-state index in [-0.39, 0.29) is 42.5 Å². The van der Waals surface area contributed by atoms with Crippen LogP contribution in [-0.4, -0.2) is 113 Å². The van der Waals surface area contributed by atoms with E-state index in [2.05, 4.69) is 169 Å². The Kier molecular flexibility index (Phi) is 21.1. The van der Waals surface area contributed by atoms with Crippen molar-refractivity contribution in [1.29, 1.82) is 0 Å². The molecule has 4 aliphatic heterocycles. The number of aromatic hydroxyl groups is 2. The van der Waals surface area contributed by atoms with Crippen molar-refractivity contribution < 1.29 is 25.2 Å². The molecule has 0 spiro atoms. The van der Waals surface area contributed by atoms with Gasteiger partial charge in [-0.1, -0.05) is 135 Å². The number of hydrogen-bond acceptors (Lipinski definition) is 8. The number of piperazine rings is 2. The maximum atomic E-state index is 10.5. The summed E-state index contributed by atoms with van der Waals surface area (Å²) in [5.74, 6) is 3.82. The first-order valence-electron chi connectivity index (χ1n) is 27.0. The van der Waals surface area contributed by atoms with Crippen LogP contribution in [-0.2, 0) is 12.8 Å². The molecule has 2 fully saturated rings. The molecule has 0 aliphatic carbocycles. The Balaban J connectivity index is 0.000000234. The number of fused-ring (bicyclic) bond motifs is 2. The third kappa shape index (κ3) is 13.2. The van der Waals surface area contributed by atoms with E-state index >= 15 is 0 Å². The van der Waals surface area contributed by atoms with Crippen LogP contribution in [0.4, 0.5) is 0 Å². The molecule has 0 radical (unpaired) electrons. The lowest BCUT2D eigenvalue weighted by atomic mass is 9.88. The van der Waals surface area contributed by atoms with E-state index in [0.29, 0.717) is 35.4 Å². The largest absolute Gasteiger partial charge is 0.507 e. The van der Waals surface area contributed by atoms with Gasteiger partial charge in [-0.05, 0) is 123 Å². The molecule has 0 saturated carbocycles. The highest BCUT2D eigenvalue weighted by molar-refractivity contribution is 5.85. The van der Waals surface area contributed by atoms with Gasteiger partial charge in [-0.3, -0.25) is 9.80 Å². The second-order valence-corrected chi connectivity index (χ2v) is 21.5. The van der Waals surface area contributed by atoms with Gasteiger partial charge in [0.1, 0.15) is 35.2 Å². The van der Waals surface area contributed by atoms with E-state index in [1.54, 1.807) is 0 Å². The molecule has 0 aromatic heterocycles. The smallest absolute Gasteiger partial charge is 0.126 e. The summed E-state index contributed by atoms with van der Waals surface area (Å²) in [6, 6.07) is 44.3. The zero-order valence-electron chi connectivity index (χ0n) is 45.7. The zero-order valence-corrected chi connectivity index (χ0v) is 47.4. The van der Waals surface area contributed by atoms with Crippen LogP contribution in [0.15, 0.2) is 121 Å². The minimum absolute atomic E-state index is 0. The normalized spacial score (nSPS) is 18.9. The number of halogens is 2. The molecule has 0 bridgehead atoms. The summed E-state index contributed by atoms with van der Waals surface area (Å²) in [6.45, 7) is 27.5. The van der Waals surface area contributed by atoms with Crippen LogP contribution in [0.5, 0.6) is 23.0 Å². The average molecular weight is 1060 g/mol. The maximum Gasteiger partial charge on any atom is 0.126 e. The molecule has 404 valence electrons. The first-order chi connectivity index (χ1) is 34.9. The monoisotopic (exact) mass is 1060 g/mol. The first-order valence-corrected chi connectivity index (χ1v) is 27.0. The lowest BCUT2D eigenvalue weighted by molar-refractivity contribution is 0.0592. The molecule has 4 atom stereocenters. The second-order valence-electron chi connectivity index (χ2n) is 21.5. The fourth-order valence-corrected chi connectivity index (χ4v) is 12.3. The third-order valence-corrected chi connectivity index (χ3v) is 16.9. The summed E-state index contributed by atoms with van der Waals surface area (Å²) >= 11 is 0. The molecule has 4 unspecified atom stereocenters. The predicted octanol–water partition coefficient (Wildman–Crippen LogP) is 12.1. The van der Waals surface area contributed by atoms with Gasteiger partial charge >= 0.3 is 0 Å². The number of phenolic OH excluding ortho intramolecular Hbond substituents is 2. The van der Waals surface area contributed by atoms with Crippen LogP contribution in [0.2, 0.25) is 0 Å². The Hall–Kier alpha value is -5.10. The van der Waals surface area contributed by atoms with E-state index in [1.807, 2.05) is 27.7 Å². The maximum absolute atomic E-state index is 10.5. The van der Waals surface area contributed by atoms with Crippen LogP contribution in [0, 0.1) is 53.4 Å². The van der Waals surface area contributed by atoms with Gasteiger partial charge in [0.05, 0.1) is 12.1 Å². The molecule has 4 heterocycles. The Morgan fingerprint density at radius 1 is 0.427 bits per heavy atom. The van der Waals surface area contributed by atoms with E-state index in [1.165, 1.54) is 33.4 Å². The van der Waals surface area contributed by atoms with Crippen LogP contribution < -0.4 is 9.47 Å². The van der Waals surface area contributed by atoms with Crippen LogP contribution in [0.1, 0.15) is 106 Å². The number of ether oxygens (including phenoxy) is 2. The van der Waals surface area contributed by atoms with Crippen LogP contribution >= 0.6 is 24.8 Å². The number of nitrogens with zero attached hydrogens (tertiary/aromatic N) is 4. The lowest BCUT2D eigenvalue weighted by Crippen LogP contribution is -2.50. The topological polar surface area (TPSA) is 103 Å². The molecular formula is C64H84Cl2N4O5. The highest BCUT2D eigenvalue weighted by atomic mass is 35.5. The highest BCUT2D eigenvalue weighted by Crippen LogP contribution is 2.44. The molecule has 2 saturated heterocycles. The van der Waals surface area contributed by atoms with Gasteiger partial charge in [0.2, 0.25) is 0 Å². The molecule has 10 rings (SSSR count). The average Bonchev–Trinajstić information content (AvgIpc) is 3.42. The van der Waals surface area contributed by atoms with Gasteiger partial charge in [0, 0.05) is 88.4 Å². The number of benzene rings is 6. The molecule has 4 aliphatic rings. The quantitative estimate of drug-likeness (QED) is 0.125. The van der Waals surface area contributed by atoms with Crippen LogP contribution in [0.3, 0.4) is 0 Å². The second kappa shape index (κ2) is 26.8. The minimum atomic E-state index is 0. The lowest BCUT2D eigenvalue weighted by Gasteiger charge is -2.41. The third-order valence-electron chi connectivity index (χ3n) is 16.9. The van der Waals surface area contributed by atoms with E-state index in [4.69, 9.17) is 9.47 Å². The fraction of sp³-hybridized carbons (Fsp3) is 0.438. The first kappa shape index (κ1) is 59.1. The molecule has 6 aromatic carbocycles. The molecule has 6 aromatic rings. The summed E-state index contributed by atoms with van der Waals surface area (Å²) in [7, 11) is 0. The van der Waals surface area contributed by atoms with E-state index in [9.17, 15) is 10.2 Å². The summed E-state index contributed by atoms with van der Waals surface area (Å²) in [5.41, 5.74) is 13.9. The summed E-state index contributed by atoms with van der Waals surface area (Å²) in [6.07, 6.45) is 4.43. The van der Waals surface area contributed by atoms with Gasteiger partial charge in [0.25, 0.3) is 0 Å². The van der Waals surface area contributed by atoms with Crippen molar-refractivity contribution in [3.05, 3.63) is 188 Å². The van der Waals surface area contributed by atoms with Gasteiger partial charge in [0.15, 0.2) is 0 Å². The van der Waals surface area contributed by atoms with Gasteiger partial charge < -0.3 is 35.0 Å². The Morgan fingerprint density at radius 3 is 0.987 bits per heavy atom. The molecule has 0 amide bonds. The highest BCUT2D eigenvalue weighted by Gasteiger charge is 2.34. The Bertz CT molecular complexity index is 2470. The van der Waals surface area contributed by atoms with Crippen LogP contribution in [0.25, 0.3) is 0 Å². The zero-order chi connectivity index (χ0) is 50.5. The van der Waals surface area contributed by atoms with Crippen molar-refractivity contribution >= 4 is 24.8 Å². The Labute approximate surface area is 461 Å². The standard InChI is InChI=1S/2C32H40N2O2.2ClH.H2O/c2*1-22(29-16-15-28-25(4)31(35)23(2)24(3)32(28)36-29)21-33-17-19-34(20-18-33)30(26-11-7-5-8-12-26)27-13-9-6-10-14-27;;;/h2*5-14,22,29-30,35H,15-21H2,1-4H3;2*1H;1H2. The number of rotatable bonds is 12. The van der Waals surface area contributed by atoms with Crippen molar-refractivity contribution in [2.24, 2.45) is 11.8 Å². The SMILES string of the molecule is Cc1c(C)c2c(c(C)c1O)CCC(C(C)CN1CCN(C(c3ccccc3)c3ccccc3)CC1)O2.Cc1c(C)c2c(c(C)c1O)CCC(C(C)CN1CCN(C(c3ccccc3)c3ccccc3)CC1)O2.Cl.Cl.O. The number of hydrogen-bond donors (Lipinski definition) is 2. The van der Waals surface area contributed by atoms with Gasteiger partial charge in [-0.25, -0.2) is 0 Å². The molecule has 9 nitrogen and oxygen atoms in total. The molecule has 4 N–H and O–H groups in total. The van der Waals surface area contributed by atoms with Gasteiger partial charge in [-0.15, -0.1) is 24.8 Å². The predicted molar refractivity (Wildman–Crippen MR) is 312 cm³/mol. The molecular weight excluding hydrogens is 976 g/mol. The van der Waals surface area contributed by atoms with Crippen molar-refractivity contribution in [2.75, 3.05) is 65.4 Å². The fourth-order valence-electron chi connectivity index (χ4n) is 12.3. The van der Waals surface area contributed by atoms with Crippen molar-refractivity contribution in [2.45, 2.75) is 105 Å². The van der Waals surface area contributed by atoms with Crippen molar-refractivity contribution in [1.82, 2.24) is 19.6 Å².